The molecule has 14 heavy (non-hydrogen) atoms. The summed E-state index contributed by atoms with van der Waals surface area (Å²) in [6.07, 6.45) is 3.68. The maximum Gasteiger partial charge on any atom is 0.322 e. The predicted octanol–water partition coefficient (Wildman–Crippen LogP) is 2.10. The average molecular weight is 204 g/mol. The Morgan fingerprint density at radius 3 is 2.29 bits per heavy atom. The van der Waals surface area contributed by atoms with Gasteiger partial charge in [-0.15, -0.1) is 0 Å². The quantitative estimate of drug-likeness (QED) is 0.674. The first kappa shape index (κ1) is 11.4. The van der Waals surface area contributed by atoms with E-state index in [0.717, 1.165) is 12.8 Å². The Morgan fingerprint density at radius 2 is 1.93 bits per heavy atom. The van der Waals surface area contributed by atoms with Crippen molar-refractivity contribution in [2.45, 2.75) is 32.6 Å². The van der Waals surface area contributed by atoms with Gasteiger partial charge in [-0.1, -0.05) is 6.92 Å². The van der Waals surface area contributed by atoms with Crippen molar-refractivity contribution in [1.82, 2.24) is 4.90 Å². The van der Waals surface area contributed by atoms with Crippen molar-refractivity contribution in [3.63, 3.8) is 0 Å². The Kier molecular flexibility index (Phi) is 3.45. The fourth-order valence-electron chi connectivity index (χ4n) is 1.71. The van der Waals surface area contributed by atoms with E-state index in [2.05, 4.69) is 6.42 Å². The van der Waals surface area contributed by atoms with Gasteiger partial charge in [0.2, 0.25) is 0 Å². The fraction of sp³-hybridized carbons (Fsp3) is 0.800. The molecule has 1 amide bonds. The number of amides is 1. The lowest BCUT2D eigenvalue weighted by Crippen LogP contribution is -2.45. The molecule has 0 bridgehead atoms. The van der Waals surface area contributed by atoms with Gasteiger partial charge in [0, 0.05) is 20.0 Å². The number of carbonyl (C=O) groups is 1. The number of rotatable bonds is 2. The van der Waals surface area contributed by atoms with Crippen molar-refractivity contribution in [3.05, 3.63) is 6.42 Å². The third-order valence-corrected chi connectivity index (χ3v) is 2.67. The highest BCUT2D eigenvalue weighted by molar-refractivity contribution is 5.83. The van der Waals surface area contributed by atoms with Crippen molar-refractivity contribution < 1.29 is 13.6 Å². The van der Waals surface area contributed by atoms with Crippen molar-refractivity contribution in [2.75, 3.05) is 13.1 Å². The summed E-state index contributed by atoms with van der Waals surface area (Å²) >= 11 is 0. The zero-order valence-corrected chi connectivity index (χ0v) is 8.59. The van der Waals surface area contributed by atoms with E-state index < -0.39 is 11.8 Å². The molecule has 81 valence electrons. The summed E-state index contributed by atoms with van der Waals surface area (Å²) in [5.41, 5.74) is 0. The number of piperidine rings is 1. The minimum Gasteiger partial charge on any atom is -0.337 e. The Hall–Kier alpha value is -0.670. The van der Waals surface area contributed by atoms with Crippen LogP contribution in [0.1, 0.15) is 26.7 Å². The van der Waals surface area contributed by atoms with Crippen molar-refractivity contribution >= 4 is 5.91 Å². The monoisotopic (exact) mass is 204 g/mol. The molecule has 0 spiro atoms. The molecule has 0 saturated carbocycles. The van der Waals surface area contributed by atoms with Gasteiger partial charge in [-0.25, -0.2) is 0 Å². The van der Waals surface area contributed by atoms with E-state index >= 15 is 0 Å². The summed E-state index contributed by atoms with van der Waals surface area (Å²) in [5, 5.41) is 0. The van der Waals surface area contributed by atoms with E-state index in [9.17, 15) is 13.6 Å². The van der Waals surface area contributed by atoms with Crippen LogP contribution in [0.3, 0.4) is 0 Å². The van der Waals surface area contributed by atoms with E-state index in [4.69, 9.17) is 0 Å². The number of carbonyl (C=O) groups excluding carboxylic acids is 1. The molecule has 2 nitrogen and oxygen atoms in total. The van der Waals surface area contributed by atoms with Gasteiger partial charge in [-0.2, -0.15) is 8.78 Å². The van der Waals surface area contributed by atoms with Crippen LogP contribution in [0.4, 0.5) is 8.78 Å². The highest BCUT2D eigenvalue weighted by Crippen LogP contribution is 2.23. The van der Waals surface area contributed by atoms with Crippen LogP contribution in [-0.4, -0.2) is 29.8 Å². The molecule has 0 aromatic heterocycles. The van der Waals surface area contributed by atoms with Crippen LogP contribution in [0, 0.1) is 12.3 Å². The second-order valence-corrected chi connectivity index (χ2v) is 3.85. The number of nitrogens with zero attached hydrogens (tertiary/aromatic N) is 1. The molecule has 0 aromatic rings. The standard InChI is InChI=1S/C10H16F2NO/c1-3-8-4-6-13(7-5-8)9(14)10(2,11)12/h3,8H,4-7H2,1-2H3. The van der Waals surface area contributed by atoms with Crippen LogP contribution >= 0.6 is 0 Å². The molecule has 0 aromatic carbocycles. The van der Waals surface area contributed by atoms with Gasteiger partial charge in [0.1, 0.15) is 0 Å². The summed E-state index contributed by atoms with van der Waals surface area (Å²) in [4.78, 5) is 12.4. The van der Waals surface area contributed by atoms with Crippen LogP contribution in [0.25, 0.3) is 0 Å². The van der Waals surface area contributed by atoms with E-state index in [1.54, 1.807) is 0 Å². The number of alkyl halides is 2. The fourth-order valence-corrected chi connectivity index (χ4v) is 1.71. The van der Waals surface area contributed by atoms with Gasteiger partial charge in [-0.3, -0.25) is 4.79 Å². The van der Waals surface area contributed by atoms with Crippen LogP contribution in [-0.2, 0) is 4.79 Å². The van der Waals surface area contributed by atoms with E-state index in [0.29, 0.717) is 25.9 Å². The molecule has 1 radical (unpaired) electrons. The Bertz CT molecular complexity index is 205. The van der Waals surface area contributed by atoms with Gasteiger partial charge < -0.3 is 4.90 Å². The maximum absolute atomic E-state index is 12.7. The lowest BCUT2D eigenvalue weighted by Gasteiger charge is -2.32. The highest BCUT2D eigenvalue weighted by Gasteiger charge is 2.37. The van der Waals surface area contributed by atoms with Gasteiger partial charge in [0.25, 0.3) is 5.91 Å². The van der Waals surface area contributed by atoms with Gasteiger partial charge in [0.05, 0.1) is 0 Å². The zero-order chi connectivity index (χ0) is 10.8. The largest absolute Gasteiger partial charge is 0.337 e. The molecule has 1 aliphatic rings. The predicted molar refractivity (Wildman–Crippen MR) is 49.9 cm³/mol. The molecule has 1 saturated heterocycles. The summed E-state index contributed by atoms with van der Waals surface area (Å²) in [6, 6.07) is 0. The van der Waals surface area contributed by atoms with Crippen LogP contribution in [0.15, 0.2) is 0 Å². The van der Waals surface area contributed by atoms with Crippen LogP contribution in [0.5, 0.6) is 0 Å². The van der Waals surface area contributed by atoms with E-state index in [-0.39, 0.29) is 0 Å². The summed E-state index contributed by atoms with van der Waals surface area (Å²) in [6.45, 7) is 3.54. The second-order valence-electron chi connectivity index (χ2n) is 3.85. The lowest BCUT2D eigenvalue weighted by atomic mass is 9.94. The summed E-state index contributed by atoms with van der Waals surface area (Å²) < 4.78 is 25.4. The van der Waals surface area contributed by atoms with Gasteiger partial charge in [-0.05, 0) is 25.2 Å². The molecule has 0 unspecified atom stereocenters. The van der Waals surface area contributed by atoms with Crippen LogP contribution in [0.2, 0.25) is 0 Å². The van der Waals surface area contributed by atoms with Crippen molar-refractivity contribution in [3.8, 4) is 0 Å². The number of likely N-dealkylation sites (tertiary alicyclic amines) is 1. The molecule has 0 aliphatic carbocycles. The van der Waals surface area contributed by atoms with Gasteiger partial charge in [0.15, 0.2) is 0 Å². The number of hydrogen-bond donors (Lipinski definition) is 0. The minimum atomic E-state index is -3.22. The Labute approximate surface area is 83.3 Å². The van der Waals surface area contributed by atoms with Crippen molar-refractivity contribution in [1.29, 1.82) is 0 Å². The molecule has 0 N–H and O–H groups in total. The number of hydrogen-bond acceptors (Lipinski definition) is 1. The summed E-state index contributed by atoms with van der Waals surface area (Å²) in [5.74, 6) is -3.78. The third-order valence-electron chi connectivity index (χ3n) is 2.67. The topological polar surface area (TPSA) is 20.3 Å². The molecular weight excluding hydrogens is 188 g/mol. The maximum atomic E-state index is 12.7. The lowest BCUT2D eigenvalue weighted by molar-refractivity contribution is -0.156. The number of halogens is 2. The first-order chi connectivity index (χ1) is 6.45. The van der Waals surface area contributed by atoms with Crippen molar-refractivity contribution in [2.24, 2.45) is 5.92 Å². The van der Waals surface area contributed by atoms with Crippen LogP contribution < -0.4 is 0 Å². The Morgan fingerprint density at radius 1 is 1.43 bits per heavy atom. The first-order valence-electron chi connectivity index (χ1n) is 4.92. The average Bonchev–Trinajstić information content (AvgIpc) is 2.15. The molecule has 1 rings (SSSR count). The normalized spacial score (nSPS) is 19.9. The molecule has 1 heterocycles. The minimum absolute atomic E-state index is 0.456. The first-order valence-corrected chi connectivity index (χ1v) is 4.92. The van der Waals surface area contributed by atoms with E-state index in [1.807, 2.05) is 6.92 Å². The highest BCUT2D eigenvalue weighted by atomic mass is 19.3. The second kappa shape index (κ2) is 4.24. The Balaban J connectivity index is 2.46. The molecule has 1 aliphatic heterocycles. The smallest absolute Gasteiger partial charge is 0.322 e. The van der Waals surface area contributed by atoms with Gasteiger partial charge >= 0.3 is 5.92 Å². The molecular formula is C10H16F2NO. The van der Waals surface area contributed by atoms with E-state index in [1.165, 1.54) is 4.90 Å². The zero-order valence-electron chi connectivity index (χ0n) is 8.59. The third kappa shape index (κ3) is 2.66. The molecule has 1 fully saturated rings. The molecule has 0 atom stereocenters. The summed E-state index contributed by atoms with van der Waals surface area (Å²) in [7, 11) is 0. The SMILES string of the molecule is C[CH]C1CCN(C(=O)C(C)(F)F)CC1. The molecule has 4 heteroatoms.